The molecule has 28 heavy (non-hydrogen) atoms. The number of benzene rings is 1. The number of amidine groups is 1. The molecule has 2 heterocycles. The molecular formula is C19H24FN5O2S. The lowest BCUT2D eigenvalue weighted by Crippen LogP contribution is -2.36. The molecule has 0 aliphatic carbocycles. The molecule has 150 valence electrons. The highest BCUT2D eigenvalue weighted by atomic mass is 32.2. The van der Waals surface area contributed by atoms with Crippen LogP contribution in [0.3, 0.4) is 0 Å². The molecular weight excluding hydrogens is 381 g/mol. The van der Waals surface area contributed by atoms with E-state index in [1.807, 2.05) is 25.2 Å². The molecule has 0 spiro atoms. The maximum Gasteiger partial charge on any atom is 0.277 e. The molecule has 1 amide bonds. The van der Waals surface area contributed by atoms with Crippen molar-refractivity contribution in [2.24, 2.45) is 10.7 Å². The van der Waals surface area contributed by atoms with Gasteiger partial charge in [0.15, 0.2) is 11.6 Å². The third kappa shape index (κ3) is 4.20. The Hall–Kier alpha value is -2.39. The number of rotatable bonds is 3. The van der Waals surface area contributed by atoms with Gasteiger partial charge in [0.1, 0.15) is 17.4 Å². The van der Waals surface area contributed by atoms with Gasteiger partial charge in [-0.3, -0.25) is 14.1 Å². The van der Waals surface area contributed by atoms with E-state index in [-0.39, 0.29) is 10.4 Å². The van der Waals surface area contributed by atoms with Gasteiger partial charge in [-0.25, -0.2) is 9.37 Å². The molecule has 1 aliphatic heterocycles. The minimum absolute atomic E-state index is 0.206. The van der Waals surface area contributed by atoms with Gasteiger partial charge in [0.2, 0.25) is 0 Å². The van der Waals surface area contributed by atoms with Crippen LogP contribution in [0.2, 0.25) is 0 Å². The van der Waals surface area contributed by atoms with Crippen molar-refractivity contribution in [1.82, 2.24) is 9.29 Å². The summed E-state index contributed by atoms with van der Waals surface area (Å²) in [5.41, 5.74) is 7.19. The van der Waals surface area contributed by atoms with Crippen molar-refractivity contribution in [2.75, 3.05) is 18.9 Å². The summed E-state index contributed by atoms with van der Waals surface area (Å²) in [5.74, 6) is 0.485. The van der Waals surface area contributed by atoms with Gasteiger partial charge < -0.3 is 15.5 Å². The summed E-state index contributed by atoms with van der Waals surface area (Å²) in [6.45, 7) is 7.79. The number of halogens is 1. The number of anilines is 1. The van der Waals surface area contributed by atoms with Crippen molar-refractivity contribution in [3.05, 3.63) is 46.9 Å². The number of nitrogens with one attached hydrogen (secondary N) is 1. The Morgan fingerprint density at radius 2 is 2.14 bits per heavy atom. The summed E-state index contributed by atoms with van der Waals surface area (Å²) >= 11 is 1.56. The molecule has 0 radical (unpaired) electrons. The number of oxazole rings is 1. The summed E-state index contributed by atoms with van der Waals surface area (Å²) in [5, 5.41) is 2.75. The van der Waals surface area contributed by atoms with Crippen molar-refractivity contribution in [1.29, 1.82) is 0 Å². The van der Waals surface area contributed by atoms with Crippen LogP contribution in [-0.4, -0.2) is 39.4 Å². The monoisotopic (exact) mass is 405 g/mol. The number of amides is 1. The molecule has 0 fully saturated rings. The zero-order chi connectivity index (χ0) is 20.6. The number of carbonyl (C=O) groups is 1. The molecule has 7 nitrogen and oxygen atoms in total. The highest BCUT2D eigenvalue weighted by Crippen LogP contribution is 2.35. The van der Waals surface area contributed by atoms with Crippen LogP contribution in [0, 0.1) is 19.7 Å². The Bertz CT molecular complexity index is 940. The Morgan fingerprint density at radius 3 is 2.79 bits per heavy atom. The number of nitrogens with two attached hydrogens (primary N) is 1. The smallest absolute Gasteiger partial charge is 0.277 e. The molecule has 1 unspecified atom stereocenters. The normalized spacial score (nSPS) is 19.8. The van der Waals surface area contributed by atoms with Crippen LogP contribution in [0.1, 0.15) is 47.6 Å². The number of nitrogens with zero attached hydrogens (tertiary/aromatic N) is 3. The van der Waals surface area contributed by atoms with Gasteiger partial charge in [-0.1, -0.05) is 11.9 Å². The topological polar surface area (TPSA) is 96.8 Å². The lowest BCUT2D eigenvalue weighted by atomic mass is 10.0. The molecule has 9 heteroatoms. The van der Waals surface area contributed by atoms with Gasteiger partial charge in [-0.2, -0.15) is 0 Å². The van der Waals surface area contributed by atoms with E-state index in [1.54, 1.807) is 31.9 Å². The van der Waals surface area contributed by atoms with Crippen LogP contribution in [0.5, 0.6) is 0 Å². The lowest BCUT2D eigenvalue weighted by Gasteiger charge is -2.25. The maximum absolute atomic E-state index is 14.6. The van der Waals surface area contributed by atoms with Crippen LogP contribution in [-0.2, 0) is 0 Å². The van der Waals surface area contributed by atoms with E-state index in [4.69, 9.17) is 10.2 Å². The van der Waals surface area contributed by atoms with Gasteiger partial charge in [0.05, 0.1) is 10.8 Å². The number of aromatic nitrogens is 1. The third-order valence-electron chi connectivity index (χ3n) is 4.46. The number of hydrogen-bond acceptors (Lipinski definition) is 7. The van der Waals surface area contributed by atoms with Gasteiger partial charge in [0, 0.05) is 24.7 Å². The zero-order valence-electron chi connectivity index (χ0n) is 16.5. The highest BCUT2D eigenvalue weighted by Gasteiger charge is 2.32. The van der Waals surface area contributed by atoms with E-state index >= 15 is 0 Å². The van der Waals surface area contributed by atoms with E-state index in [2.05, 4.69) is 15.3 Å². The van der Waals surface area contributed by atoms with Crippen molar-refractivity contribution < 1.29 is 13.6 Å². The Morgan fingerprint density at radius 1 is 1.43 bits per heavy atom. The van der Waals surface area contributed by atoms with Crippen molar-refractivity contribution >= 4 is 29.4 Å². The van der Waals surface area contributed by atoms with E-state index < -0.39 is 17.8 Å². The first kappa shape index (κ1) is 20.3. The Labute approximate surface area is 167 Å². The largest absolute Gasteiger partial charge is 0.445 e. The highest BCUT2D eigenvalue weighted by molar-refractivity contribution is 7.99. The number of carbonyl (C=O) groups excluding carboxylic acids is 1. The third-order valence-corrected chi connectivity index (χ3v) is 5.58. The number of hydrogen-bond donors (Lipinski definition) is 2. The second-order valence-corrected chi connectivity index (χ2v) is 9.10. The zero-order valence-corrected chi connectivity index (χ0v) is 17.4. The summed E-state index contributed by atoms with van der Waals surface area (Å²) in [6.07, 6.45) is 0. The van der Waals surface area contributed by atoms with E-state index in [0.29, 0.717) is 35.3 Å². The number of aryl methyl sites for hydroxylation is 2. The summed E-state index contributed by atoms with van der Waals surface area (Å²) in [6, 6.07) is 3.94. The number of likely N-dealkylation sites (N-methyl/N-ethyl adjacent to an activating group) is 1. The van der Waals surface area contributed by atoms with E-state index in [9.17, 15) is 9.18 Å². The molecule has 3 N–H and O–H groups in total. The average molecular weight is 405 g/mol. The first-order valence-corrected chi connectivity index (χ1v) is 9.63. The van der Waals surface area contributed by atoms with Gasteiger partial charge in [-0.05, 0) is 46.0 Å². The molecule has 1 aromatic carbocycles. The SMILES string of the molecule is Cc1nc(C(=O)Nc2ccc(F)c(C3CN(C)SC(C)(C)C(N)=N3)c2)c(C)o1. The van der Waals surface area contributed by atoms with Gasteiger partial charge in [-0.15, -0.1) is 0 Å². The molecule has 0 bridgehead atoms. The lowest BCUT2D eigenvalue weighted by molar-refractivity contribution is 0.102. The molecule has 1 aliphatic rings. The molecule has 0 saturated carbocycles. The summed E-state index contributed by atoms with van der Waals surface area (Å²) < 4.78 is 21.5. The first-order valence-electron chi connectivity index (χ1n) is 8.85. The fourth-order valence-electron chi connectivity index (χ4n) is 3.06. The van der Waals surface area contributed by atoms with Crippen LogP contribution >= 0.6 is 11.9 Å². The molecule has 2 aromatic rings. The van der Waals surface area contributed by atoms with Crippen LogP contribution < -0.4 is 11.1 Å². The predicted octanol–water partition coefficient (Wildman–Crippen LogP) is 3.45. The van der Waals surface area contributed by atoms with Crippen molar-refractivity contribution in [3.63, 3.8) is 0 Å². The second kappa shape index (κ2) is 7.56. The minimum Gasteiger partial charge on any atom is -0.445 e. The van der Waals surface area contributed by atoms with Crippen LogP contribution in [0.15, 0.2) is 27.6 Å². The maximum atomic E-state index is 14.6. The fraction of sp³-hybridized carbons (Fsp3) is 0.421. The predicted molar refractivity (Wildman–Crippen MR) is 109 cm³/mol. The summed E-state index contributed by atoms with van der Waals surface area (Å²) in [7, 11) is 1.92. The van der Waals surface area contributed by atoms with Gasteiger partial charge >= 0.3 is 0 Å². The van der Waals surface area contributed by atoms with Crippen LogP contribution in [0.25, 0.3) is 0 Å². The average Bonchev–Trinajstić information content (AvgIpc) is 2.88. The van der Waals surface area contributed by atoms with Gasteiger partial charge in [0.25, 0.3) is 5.91 Å². The van der Waals surface area contributed by atoms with Crippen LogP contribution in [0.4, 0.5) is 10.1 Å². The van der Waals surface area contributed by atoms with Crippen molar-refractivity contribution in [3.8, 4) is 0 Å². The minimum atomic E-state index is -0.479. The number of aliphatic imine (C=N–C) groups is 1. The first-order chi connectivity index (χ1) is 13.1. The standard InChI is InChI=1S/C19H24FN5O2S/c1-10-16(22-11(2)27-10)17(26)23-12-6-7-14(20)13(8-12)15-9-25(5)28-19(3,4)18(21)24-15/h6-8,15H,9H2,1-5H3,(H2,21,24)(H,23,26). The molecule has 1 atom stereocenters. The Balaban J connectivity index is 1.90. The second-order valence-electron chi connectivity index (χ2n) is 7.27. The quantitative estimate of drug-likeness (QED) is 0.759. The molecule has 1 aromatic heterocycles. The molecule has 3 rings (SSSR count). The molecule has 0 saturated heterocycles. The van der Waals surface area contributed by atoms with E-state index in [0.717, 1.165) is 0 Å². The summed E-state index contributed by atoms with van der Waals surface area (Å²) in [4.78, 5) is 21.1. The fourth-order valence-corrected chi connectivity index (χ4v) is 4.20. The Kier molecular flexibility index (Phi) is 5.49. The van der Waals surface area contributed by atoms with Crippen molar-refractivity contribution in [2.45, 2.75) is 38.5 Å². The van der Waals surface area contributed by atoms with E-state index in [1.165, 1.54) is 12.1 Å².